The van der Waals surface area contributed by atoms with Crippen LogP contribution in [0.5, 0.6) is 0 Å². The highest BCUT2D eigenvalue weighted by Crippen LogP contribution is 2.11. The molecule has 2 aromatic carbocycles. The second-order valence-corrected chi connectivity index (χ2v) is 2.39. The number of hydrogen-bond acceptors (Lipinski definition) is 2. The van der Waals surface area contributed by atoms with Crippen LogP contribution in [0.15, 0.2) is 29.1 Å². The largest absolute Gasteiger partial charge is 0.289 e. The monoisotopic (exact) mass is 159 g/mol. The fraction of sp³-hybridized carbons (Fsp3) is 0.200. The van der Waals surface area contributed by atoms with Crippen LogP contribution in [0.3, 0.4) is 0 Å². The molecule has 60 valence electrons. The third-order valence-electron chi connectivity index (χ3n) is 1.51. The van der Waals surface area contributed by atoms with Crippen LogP contribution in [0, 0.1) is 11.3 Å². The van der Waals surface area contributed by atoms with E-state index in [1.165, 1.54) is 0 Å². The Balaban J connectivity index is 0.000000157. The van der Waals surface area contributed by atoms with Crippen molar-refractivity contribution in [2.45, 2.75) is 13.3 Å². The molecule has 2 rings (SSSR count). The van der Waals surface area contributed by atoms with Gasteiger partial charge in [-0.05, 0) is 0 Å². The standard InChI is InChI=1S/C7H4O.C3H5N/c8-7-5-3-1-2-4-6(5)7;1-2-3-4/h1-4H;2H2,1H3. The Hall–Kier alpha value is -1.62. The van der Waals surface area contributed by atoms with Gasteiger partial charge in [0.25, 0.3) is 0 Å². The number of rotatable bonds is 0. The lowest BCUT2D eigenvalue weighted by Crippen LogP contribution is -1.66. The number of nitrogens with zero attached hydrogens (tertiary/aromatic N) is 1. The van der Waals surface area contributed by atoms with E-state index >= 15 is 0 Å². The molecule has 2 heteroatoms. The molecule has 0 saturated carbocycles. The van der Waals surface area contributed by atoms with Crippen molar-refractivity contribution < 1.29 is 0 Å². The molecule has 0 amide bonds. The number of benzene rings is 1. The van der Waals surface area contributed by atoms with E-state index in [0.717, 1.165) is 10.8 Å². The van der Waals surface area contributed by atoms with Crippen molar-refractivity contribution in [3.8, 4) is 6.07 Å². The van der Waals surface area contributed by atoms with Gasteiger partial charge < -0.3 is 0 Å². The predicted octanol–water partition coefficient (Wildman–Crippen LogP) is 2.00. The summed E-state index contributed by atoms with van der Waals surface area (Å²) in [5.41, 5.74) is 0.218. The number of hydrogen-bond donors (Lipinski definition) is 0. The molecule has 0 radical (unpaired) electrons. The molecule has 0 aromatic heterocycles. The Labute approximate surface area is 70.7 Å². The number of fused-ring (bicyclic) bond motifs is 1. The van der Waals surface area contributed by atoms with Gasteiger partial charge in [0, 0.05) is 17.2 Å². The Morgan fingerprint density at radius 2 is 1.75 bits per heavy atom. The van der Waals surface area contributed by atoms with E-state index in [9.17, 15) is 4.79 Å². The van der Waals surface area contributed by atoms with Crippen molar-refractivity contribution in [3.63, 3.8) is 0 Å². The van der Waals surface area contributed by atoms with Gasteiger partial charge in [-0.3, -0.25) is 4.79 Å². The molecule has 0 bridgehead atoms. The van der Waals surface area contributed by atoms with Gasteiger partial charge in [-0.25, -0.2) is 0 Å². The minimum absolute atomic E-state index is 0.218. The van der Waals surface area contributed by atoms with Gasteiger partial charge in [0.15, 0.2) is 5.43 Å². The van der Waals surface area contributed by atoms with Crippen molar-refractivity contribution in [2.24, 2.45) is 0 Å². The molecule has 12 heavy (non-hydrogen) atoms. The average molecular weight is 159 g/mol. The van der Waals surface area contributed by atoms with Gasteiger partial charge in [0.05, 0.1) is 6.07 Å². The molecule has 0 aliphatic heterocycles. The van der Waals surface area contributed by atoms with E-state index in [1.54, 1.807) is 0 Å². The predicted molar refractivity (Wildman–Crippen MR) is 48.5 cm³/mol. The van der Waals surface area contributed by atoms with E-state index < -0.39 is 0 Å². The lowest BCUT2D eigenvalue weighted by atomic mass is 10.4. The normalized spacial score (nSPS) is 9.00. The minimum atomic E-state index is 0.218. The Morgan fingerprint density at radius 3 is 2.00 bits per heavy atom. The van der Waals surface area contributed by atoms with Crippen LogP contribution in [0.1, 0.15) is 13.3 Å². The van der Waals surface area contributed by atoms with Crippen molar-refractivity contribution >= 4 is 10.8 Å². The zero-order valence-electron chi connectivity index (χ0n) is 6.87. The summed E-state index contributed by atoms with van der Waals surface area (Å²) in [5, 5.41) is 9.42. The first-order valence-electron chi connectivity index (χ1n) is 3.82. The lowest BCUT2D eigenvalue weighted by Gasteiger charge is -1.66. The quantitative estimate of drug-likeness (QED) is 0.589. The first-order chi connectivity index (χ1) is 5.81. The second kappa shape index (κ2) is 3.68. The molecule has 0 aliphatic rings. The molecule has 0 N–H and O–H groups in total. The van der Waals surface area contributed by atoms with Crippen molar-refractivity contribution in [1.82, 2.24) is 0 Å². The van der Waals surface area contributed by atoms with E-state index in [1.807, 2.05) is 37.3 Å². The molecule has 0 atom stereocenters. The maximum Gasteiger partial charge on any atom is 0.194 e. The highest BCUT2D eigenvalue weighted by Gasteiger charge is 2.07. The van der Waals surface area contributed by atoms with E-state index in [4.69, 9.17) is 5.26 Å². The molecular weight excluding hydrogens is 150 g/mol. The molecule has 2 nitrogen and oxygen atoms in total. The summed E-state index contributed by atoms with van der Waals surface area (Å²) >= 11 is 0. The molecule has 0 aliphatic carbocycles. The SMILES string of the molecule is CCC#N.O=c1c2ccccc12. The maximum atomic E-state index is 10.5. The lowest BCUT2D eigenvalue weighted by molar-refractivity contribution is 1.22. The van der Waals surface area contributed by atoms with Gasteiger partial charge in [-0.15, -0.1) is 0 Å². The summed E-state index contributed by atoms with van der Waals surface area (Å²) in [6, 6.07) is 9.38. The smallest absolute Gasteiger partial charge is 0.194 e. The molecule has 0 saturated heterocycles. The molecule has 2 aromatic rings. The van der Waals surface area contributed by atoms with Crippen molar-refractivity contribution in [3.05, 3.63) is 34.5 Å². The third-order valence-corrected chi connectivity index (χ3v) is 1.51. The zero-order chi connectivity index (χ0) is 8.97. The molecular formula is C10H9NO. The summed E-state index contributed by atoms with van der Waals surface area (Å²) in [6.07, 6.45) is 0.625. The van der Waals surface area contributed by atoms with E-state index in [2.05, 4.69) is 0 Å². The Morgan fingerprint density at radius 1 is 1.33 bits per heavy atom. The number of nitriles is 1. The summed E-state index contributed by atoms with van der Waals surface area (Å²) in [6.45, 7) is 1.82. The Kier molecular flexibility index (Phi) is 2.60. The first-order valence-corrected chi connectivity index (χ1v) is 3.82. The van der Waals surface area contributed by atoms with Crippen LogP contribution >= 0.6 is 0 Å². The van der Waals surface area contributed by atoms with Crippen LogP contribution in [0.25, 0.3) is 10.8 Å². The highest BCUT2D eigenvalue weighted by molar-refractivity contribution is 5.96. The third kappa shape index (κ3) is 1.70. The summed E-state index contributed by atoms with van der Waals surface area (Å²) in [4.78, 5) is 10.5. The van der Waals surface area contributed by atoms with Crippen molar-refractivity contribution in [2.75, 3.05) is 0 Å². The topological polar surface area (TPSA) is 40.9 Å². The summed E-state index contributed by atoms with van der Waals surface area (Å²) in [5.74, 6) is 0. The van der Waals surface area contributed by atoms with Crippen LogP contribution in [0.4, 0.5) is 0 Å². The van der Waals surface area contributed by atoms with Crippen LogP contribution in [-0.2, 0) is 0 Å². The first kappa shape index (κ1) is 8.48. The summed E-state index contributed by atoms with van der Waals surface area (Å²) < 4.78 is 0. The fourth-order valence-electron chi connectivity index (χ4n) is 0.833. The second-order valence-electron chi connectivity index (χ2n) is 2.39. The van der Waals surface area contributed by atoms with Gasteiger partial charge >= 0.3 is 0 Å². The highest BCUT2D eigenvalue weighted by atomic mass is 16.1. The molecule has 0 spiro atoms. The molecule has 0 unspecified atom stereocenters. The van der Waals surface area contributed by atoms with Gasteiger partial charge in [0.2, 0.25) is 0 Å². The Bertz CT molecular complexity index is 385. The van der Waals surface area contributed by atoms with Gasteiger partial charge in [0.1, 0.15) is 0 Å². The maximum absolute atomic E-state index is 10.5. The van der Waals surface area contributed by atoms with E-state index in [-0.39, 0.29) is 5.43 Å². The molecule has 0 fully saturated rings. The molecule has 0 heterocycles. The van der Waals surface area contributed by atoms with Gasteiger partial charge in [-0.2, -0.15) is 5.26 Å². The average Bonchev–Trinajstić information content (AvgIpc) is 2.79. The van der Waals surface area contributed by atoms with E-state index in [0.29, 0.717) is 6.42 Å². The summed E-state index contributed by atoms with van der Waals surface area (Å²) in [7, 11) is 0. The van der Waals surface area contributed by atoms with Crippen LogP contribution in [0.2, 0.25) is 0 Å². The fourth-order valence-corrected chi connectivity index (χ4v) is 0.833. The minimum Gasteiger partial charge on any atom is -0.289 e. The zero-order valence-corrected chi connectivity index (χ0v) is 6.87. The van der Waals surface area contributed by atoms with Crippen LogP contribution < -0.4 is 5.43 Å². The van der Waals surface area contributed by atoms with Gasteiger partial charge in [-0.1, -0.05) is 31.2 Å². The van der Waals surface area contributed by atoms with Crippen molar-refractivity contribution in [1.29, 1.82) is 5.26 Å². The van der Waals surface area contributed by atoms with Crippen LogP contribution in [-0.4, -0.2) is 0 Å².